The Morgan fingerprint density at radius 2 is 2.17 bits per heavy atom. The average Bonchev–Trinajstić information content (AvgIpc) is 3.16. The second-order valence-electron chi connectivity index (χ2n) is 7.42. The fraction of sp³-hybridized carbons (Fsp3) is 0.476. The summed E-state index contributed by atoms with van der Waals surface area (Å²) in [6.45, 7) is 7.67. The molecule has 8 heteroatoms. The fourth-order valence-corrected chi connectivity index (χ4v) is 3.57. The molecule has 3 rings (SSSR count). The highest BCUT2D eigenvalue weighted by molar-refractivity contribution is 5.89. The van der Waals surface area contributed by atoms with E-state index in [0.717, 1.165) is 35.4 Å². The van der Waals surface area contributed by atoms with Crippen molar-refractivity contribution in [2.24, 2.45) is 0 Å². The van der Waals surface area contributed by atoms with Crippen molar-refractivity contribution >= 4 is 17.6 Å². The second kappa shape index (κ2) is 9.45. The molecule has 8 nitrogen and oxygen atoms in total. The largest absolute Gasteiger partial charge is 0.483 e. The number of aromatic amines is 1. The predicted octanol–water partition coefficient (Wildman–Crippen LogP) is 2.95. The number of rotatable bonds is 6. The molecule has 2 heterocycles. The molecule has 3 N–H and O–H groups in total. The number of aryl methyl sites for hydroxylation is 2. The molecule has 1 fully saturated rings. The van der Waals surface area contributed by atoms with Crippen molar-refractivity contribution in [3.63, 3.8) is 0 Å². The summed E-state index contributed by atoms with van der Waals surface area (Å²) >= 11 is 0. The molecule has 1 atom stereocenters. The summed E-state index contributed by atoms with van der Waals surface area (Å²) in [5.41, 5.74) is 3.62. The zero-order valence-electron chi connectivity index (χ0n) is 17.2. The van der Waals surface area contributed by atoms with Crippen LogP contribution in [0.1, 0.15) is 42.5 Å². The van der Waals surface area contributed by atoms with Crippen LogP contribution in [0.2, 0.25) is 0 Å². The van der Waals surface area contributed by atoms with Gasteiger partial charge >= 0.3 is 6.03 Å². The summed E-state index contributed by atoms with van der Waals surface area (Å²) in [7, 11) is 0. The van der Waals surface area contributed by atoms with Crippen molar-refractivity contribution in [1.29, 1.82) is 0 Å². The second-order valence-corrected chi connectivity index (χ2v) is 7.42. The maximum atomic E-state index is 12.7. The Balaban J connectivity index is 1.60. The first kappa shape index (κ1) is 20.7. The van der Waals surface area contributed by atoms with Gasteiger partial charge in [0, 0.05) is 25.6 Å². The number of ether oxygens (including phenoxy) is 1. The van der Waals surface area contributed by atoms with Crippen LogP contribution in [-0.2, 0) is 4.79 Å². The Kier molecular flexibility index (Phi) is 6.74. The van der Waals surface area contributed by atoms with Crippen LogP contribution in [0.4, 0.5) is 10.5 Å². The minimum Gasteiger partial charge on any atom is -0.483 e. The lowest BCUT2D eigenvalue weighted by molar-refractivity contribution is -0.134. The van der Waals surface area contributed by atoms with Gasteiger partial charge in [-0.3, -0.25) is 9.89 Å². The minimum atomic E-state index is -0.263. The van der Waals surface area contributed by atoms with Gasteiger partial charge in [0.25, 0.3) is 5.91 Å². The lowest BCUT2D eigenvalue weighted by atomic mass is 9.94. The predicted molar refractivity (Wildman–Crippen MR) is 111 cm³/mol. The fourth-order valence-electron chi connectivity index (χ4n) is 3.57. The van der Waals surface area contributed by atoms with Gasteiger partial charge in [0.2, 0.25) is 0 Å². The van der Waals surface area contributed by atoms with Gasteiger partial charge in [0.05, 0.1) is 17.6 Å². The maximum Gasteiger partial charge on any atom is 0.319 e. The number of urea groups is 1. The van der Waals surface area contributed by atoms with E-state index in [0.29, 0.717) is 25.3 Å². The van der Waals surface area contributed by atoms with E-state index in [-0.39, 0.29) is 24.5 Å². The number of anilines is 1. The molecular weight excluding hydrogens is 370 g/mol. The van der Waals surface area contributed by atoms with Crippen molar-refractivity contribution in [3.8, 4) is 5.75 Å². The Bertz CT molecular complexity index is 864. The molecule has 0 saturated carbocycles. The van der Waals surface area contributed by atoms with E-state index in [9.17, 15) is 9.59 Å². The van der Waals surface area contributed by atoms with Gasteiger partial charge in [-0.25, -0.2) is 4.79 Å². The summed E-state index contributed by atoms with van der Waals surface area (Å²) in [6.07, 6.45) is 3.42. The highest BCUT2D eigenvalue weighted by Crippen LogP contribution is 2.30. The number of hydrogen-bond acceptors (Lipinski definition) is 4. The molecule has 3 amide bonds. The normalized spacial score (nSPS) is 16.4. The molecule has 29 heavy (non-hydrogen) atoms. The Hall–Kier alpha value is -3.03. The van der Waals surface area contributed by atoms with Crippen molar-refractivity contribution in [1.82, 2.24) is 20.4 Å². The summed E-state index contributed by atoms with van der Waals surface area (Å²) in [5.74, 6) is 0.801. The van der Waals surface area contributed by atoms with Crippen LogP contribution in [0.15, 0.2) is 24.4 Å². The number of piperidine rings is 1. The number of hydrogen-bond donors (Lipinski definition) is 3. The number of H-pyrrole nitrogens is 1. The first-order valence-corrected chi connectivity index (χ1v) is 10.0. The van der Waals surface area contributed by atoms with Crippen molar-refractivity contribution in [3.05, 3.63) is 41.2 Å². The van der Waals surface area contributed by atoms with Crippen molar-refractivity contribution < 1.29 is 14.3 Å². The molecule has 156 valence electrons. The number of likely N-dealkylation sites (tertiary alicyclic amines) is 1. The van der Waals surface area contributed by atoms with E-state index < -0.39 is 0 Å². The van der Waals surface area contributed by atoms with E-state index >= 15 is 0 Å². The van der Waals surface area contributed by atoms with Gasteiger partial charge in [0.1, 0.15) is 5.75 Å². The third kappa shape index (κ3) is 5.28. The van der Waals surface area contributed by atoms with E-state index in [1.54, 1.807) is 6.20 Å². The summed E-state index contributed by atoms with van der Waals surface area (Å²) in [6, 6.07) is 5.70. The van der Waals surface area contributed by atoms with Gasteiger partial charge in [-0.1, -0.05) is 12.1 Å². The van der Waals surface area contributed by atoms with E-state index in [4.69, 9.17) is 4.74 Å². The van der Waals surface area contributed by atoms with E-state index in [1.807, 2.05) is 43.9 Å². The Labute approximate surface area is 171 Å². The van der Waals surface area contributed by atoms with Gasteiger partial charge < -0.3 is 20.3 Å². The zero-order valence-corrected chi connectivity index (χ0v) is 17.2. The van der Waals surface area contributed by atoms with Crippen LogP contribution < -0.4 is 15.4 Å². The lowest BCUT2D eigenvalue weighted by Crippen LogP contribution is -2.41. The summed E-state index contributed by atoms with van der Waals surface area (Å²) in [5, 5.41) is 12.6. The zero-order chi connectivity index (χ0) is 20.8. The molecule has 1 aliphatic heterocycles. The molecule has 1 saturated heterocycles. The van der Waals surface area contributed by atoms with Gasteiger partial charge in [-0.05, 0) is 50.8 Å². The SMILES string of the molecule is CCNC(=O)Nc1cn[nH]c1C1CCCN(C(=O)COc2cc(C)ccc2C)C1. The number of amides is 3. The van der Waals surface area contributed by atoms with Crippen LogP contribution >= 0.6 is 0 Å². The van der Waals surface area contributed by atoms with Gasteiger partial charge in [-0.15, -0.1) is 0 Å². The van der Waals surface area contributed by atoms with Crippen LogP contribution in [0.3, 0.4) is 0 Å². The highest BCUT2D eigenvalue weighted by atomic mass is 16.5. The number of carbonyl (C=O) groups excluding carboxylic acids is 2. The number of carbonyl (C=O) groups is 2. The van der Waals surface area contributed by atoms with Crippen LogP contribution in [0.5, 0.6) is 5.75 Å². The van der Waals surface area contributed by atoms with E-state index in [1.165, 1.54) is 0 Å². The van der Waals surface area contributed by atoms with Gasteiger partial charge in [0.15, 0.2) is 6.61 Å². The lowest BCUT2D eigenvalue weighted by Gasteiger charge is -2.32. The monoisotopic (exact) mass is 399 g/mol. The number of nitrogens with one attached hydrogen (secondary N) is 3. The van der Waals surface area contributed by atoms with Gasteiger partial charge in [-0.2, -0.15) is 5.10 Å². The molecule has 0 spiro atoms. The highest BCUT2D eigenvalue weighted by Gasteiger charge is 2.28. The first-order valence-electron chi connectivity index (χ1n) is 10.0. The van der Waals surface area contributed by atoms with Crippen LogP contribution in [-0.4, -0.2) is 53.3 Å². The molecular formula is C21H29N5O3. The smallest absolute Gasteiger partial charge is 0.319 e. The van der Waals surface area contributed by atoms with Crippen LogP contribution in [0, 0.1) is 13.8 Å². The van der Waals surface area contributed by atoms with Crippen molar-refractivity contribution in [2.45, 2.75) is 39.5 Å². The number of aromatic nitrogens is 2. The first-order chi connectivity index (χ1) is 14.0. The Morgan fingerprint density at radius 1 is 1.34 bits per heavy atom. The average molecular weight is 399 g/mol. The summed E-state index contributed by atoms with van der Waals surface area (Å²) < 4.78 is 5.79. The molecule has 0 aliphatic carbocycles. The topological polar surface area (TPSA) is 99.4 Å². The van der Waals surface area contributed by atoms with Crippen LogP contribution in [0.25, 0.3) is 0 Å². The number of benzene rings is 1. The molecule has 1 aliphatic rings. The molecule has 1 aromatic heterocycles. The third-order valence-electron chi connectivity index (χ3n) is 5.13. The van der Waals surface area contributed by atoms with E-state index in [2.05, 4.69) is 20.8 Å². The summed E-state index contributed by atoms with van der Waals surface area (Å²) in [4.78, 5) is 26.4. The minimum absolute atomic E-state index is 0.0179. The molecule has 1 aromatic carbocycles. The molecule has 0 radical (unpaired) electrons. The quantitative estimate of drug-likeness (QED) is 0.695. The molecule has 2 aromatic rings. The van der Waals surface area contributed by atoms with Crippen molar-refractivity contribution in [2.75, 3.05) is 31.6 Å². The maximum absolute atomic E-state index is 12.7. The number of nitrogens with zero attached hydrogens (tertiary/aromatic N) is 2. The molecule has 1 unspecified atom stereocenters. The third-order valence-corrected chi connectivity index (χ3v) is 5.13. The Morgan fingerprint density at radius 3 is 2.97 bits per heavy atom. The molecule has 0 bridgehead atoms. The standard InChI is InChI=1S/C21H29N5O3/c1-4-22-21(28)24-17-11-23-25-20(17)16-6-5-9-26(12-16)19(27)13-29-18-10-14(2)7-8-15(18)3/h7-8,10-11,16H,4-6,9,12-13H2,1-3H3,(H,23,25)(H2,22,24,28).